The van der Waals surface area contributed by atoms with Gasteiger partial charge in [0.2, 0.25) is 0 Å². The molecule has 0 aliphatic heterocycles. The number of hydrogen-bond donors (Lipinski definition) is 1. The number of carbonyl (C=O) groups excluding carboxylic acids is 1. The van der Waals surface area contributed by atoms with E-state index in [1.165, 1.54) is 28.2 Å². The van der Waals surface area contributed by atoms with E-state index >= 15 is 0 Å². The van der Waals surface area contributed by atoms with Crippen LogP contribution in [0.15, 0.2) is 36.4 Å². The molecule has 3 nitrogen and oxygen atoms in total. The third kappa shape index (κ3) is 6.13. The Bertz CT molecular complexity index is 980. The number of esters is 1. The average Bonchev–Trinajstić information content (AvgIpc) is 3.52. The molecule has 34 heavy (non-hydrogen) atoms. The lowest BCUT2D eigenvalue weighted by Gasteiger charge is -2.45. The van der Waals surface area contributed by atoms with Crippen molar-refractivity contribution in [2.75, 3.05) is 7.11 Å². The Labute approximate surface area is 215 Å². The van der Waals surface area contributed by atoms with Crippen LogP contribution >= 0.6 is 34.3 Å². The van der Waals surface area contributed by atoms with E-state index in [2.05, 4.69) is 6.07 Å². The molecule has 2 aliphatic rings. The highest BCUT2D eigenvalue weighted by atomic mass is 35.5. The normalized spacial score (nSPS) is 24.9. The monoisotopic (exact) mass is 524 g/mol. The van der Waals surface area contributed by atoms with E-state index in [4.69, 9.17) is 16.3 Å². The van der Waals surface area contributed by atoms with Crippen molar-refractivity contribution < 1.29 is 19.0 Å². The van der Waals surface area contributed by atoms with E-state index in [9.17, 15) is 14.3 Å². The fourth-order valence-electron chi connectivity index (χ4n) is 5.60. The molecule has 186 valence electrons. The van der Waals surface area contributed by atoms with Gasteiger partial charge >= 0.3 is 5.97 Å². The maximum Gasteiger partial charge on any atom is 0.348 e. The van der Waals surface area contributed by atoms with Gasteiger partial charge in [0.1, 0.15) is 11.0 Å². The van der Waals surface area contributed by atoms with E-state index in [1.54, 1.807) is 11.3 Å². The predicted molar refractivity (Wildman–Crippen MR) is 139 cm³/mol. The molecular weight excluding hydrogens is 491 g/mol. The van der Waals surface area contributed by atoms with E-state index < -0.39 is 12.3 Å². The first kappa shape index (κ1) is 25.9. The molecule has 4 rings (SSSR count). The van der Waals surface area contributed by atoms with Gasteiger partial charge in [-0.2, -0.15) is 0 Å². The van der Waals surface area contributed by atoms with Crippen molar-refractivity contribution in [3.8, 4) is 0 Å². The molecule has 1 unspecified atom stereocenters. The Morgan fingerprint density at radius 2 is 2.06 bits per heavy atom. The van der Waals surface area contributed by atoms with Crippen molar-refractivity contribution in [3.63, 3.8) is 0 Å². The van der Waals surface area contributed by atoms with Crippen LogP contribution in [0.5, 0.6) is 0 Å². The predicted octanol–water partition coefficient (Wildman–Crippen LogP) is 7.66. The molecule has 0 aromatic carbocycles. The van der Waals surface area contributed by atoms with Crippen LogP contribution in [0.25, 0.3) is 0 Å². The van der Waals surface area contributed by atoms with Gasteiger partial charge in [0.05, 0.1) is 17.6 Å². The van der Waals surface area contributed by atoms with Crippen LogP contribution < -0.4 is 0 Å². The number of ether oxygens (including phenoxy) is 1. The lowest BCUT2D eigenvalue weighted by molar-refractivity contribution is -0.0319. The first-order valence-electron chi connectivity index (χ1n) is 12.3. The Kier molecular flexibility index (Phi) is 8.89. The molecule has 2 aliphatic carbocycles. The number of rotatable bonds is 11. The first-order chi connectivity index (χ1) is 16.4. The summed E-state index contributed by atoms with van der Waals surface area (Å²) in [7, 11) is 1.40. The fraction of sp³-hybridized carbons (Fsp3) is 0.593. The maximum absolute atomic E-state index is 14.7. The highest BCUT2D eigenvalue weighted by Gasteiger charge is 2.43. The minimum Gasteiger partial charge on any atom is -0.465 e. The third-order valence-corrected chi connectivity index (χ3v) is 10.1. The van der Waals surface area contributed by atoms with Crippen molar-refractivity contribution in [2.24, 2.45) is 17.3 Å². The second-order valence-electron chi connectivity index (χ2n) is 9.86. The average molecular weight is 525 g/mol. The Hall–Kier alpha value is -1.21. The summed E-state index contributed by atoms with van der Waals surface area (Å²) in [6.07, 6.45) is 12.0. The van der Waals surface area contributed by atoms with Crippen molar-refractivity contribution in [3.05, 3.63) is 55.4 Å². The molecule has 2 heterocycles. The van der Waals surface area contributed by atoms with Gasteiger partial charge in [-0.25, -0.2) is 9.18 Å². The molecule has 0 radical (unpaired) electrons. The van der Waals surface area contributed by atoms with Gasteiger partial charge in [0.25, 0.3) is 0 Å². The van der Waals surface area contributed by atoms with Crippen LogP contribution in [0.2, 0.25) is 4.34 Å². The summed E-state index contributed by atoms with van der Waals surface area (Å²) in [5, 5.41) is 11.0. The molecule has 0 bridgehead atoms. The van der Waals surface area contributed by atoms with Crippen LogP contribution in [0.4, 0.5) is 4.39 Å². The van der Waals surface area contributed by atoms with E-state index in [1.807, 2.05) is 30.4 Å². The molecule has 2 saturated carbocycles. The zero-order valence-corrected chi connectivity index (χ0v) is 22.1. The molecule has 2 aromatic heterocycles. The Morgan fingerprint density at radius 3 is 2.74 bits per heavy atom. The molecule has 2 fully saturated rings. The quantitative estimate of drug-likeness (QED) is 0.242. The van der Waals surface area contributed by atoms with Crippen molar-refractivity contribution in [2.45, 2.75) is 76.5 Å². The molecular formula is C27H34ClFO3S2. The molecule has 4 atom stereocenters. The van der Waals surface area contributed by atoms with Gasteiger partial charge in [0.15, 0.2) is 0 Å². The topological polar surface area (TPSA) is 46.5 Å². The van der Waals surface area contributed by atoms with E-state index in [0.717, 1.165) is 55.7 Å². The smallest absolute Gasteiger partial charge is 0.348 e. The molecule has 0 spiro atoms. The fourth-order valence-corrected chi connectivity index (χ4v) is 7.81. The molecule has 0 amide bonds. The standard InChI is InChI=1S/C27H34ClFO3S2/c1-32-26(31)23-13-10-19(33-23)6-2-5-18-9-12-22(29)21(18)7-3-8-24(30)27(15-4-16-27)17-20-11-14-25(28)34-20/h3,7,10-11,13-14,18,21-22,24,30H,2,4-6,8-9,12,15-17H2,1H3/b7-3+/t18-,21+,22+,24?/m0/s1. The minimum absolute atomic E-state index is 0.0605. The molecule has 0 saturated heterocycles. The number of aliphatic hydroxyl groups is 1. The second-order valence-corrected chi connectivity index (χ2v) is 12.8. The molecule has 1 N–H and O–H groups in total. The van der Waals surface area contributed by atoms with Crippen LogP contribution in [0, 0.1) is 17.3 Å². The number of thiophene rings is 2. The summed E-state index contributed by atoms with van der Waals surface area (Å²) < 4.78 is 20.2. The van der Waals surface area contributed by atoms with Gasteiger partial charge < -0.3 is 9.84 Å². The highest BCUT2D eigenvalue weighted by molar-refractivity contribution is 7.16. The summed E-state index contributed by atoms with van der Waals surface area (Å²) >= 11 is 9.18. The summed E-state index contributed by atoms with van der Waals surface area (Å²) in [5.74, 6) is -0.00784. The number of alkyl halides is 1. The van der Waals surface area contributed by atoms with Gasteiger partial charge in [-0.05, 0) is 88.0 Å². The number of aryl methyl sites for hydroxylation is 1. The summed E-state index contributed by atoms with van der Waals surface area (Å²) in [6.45, 7) is 0. The van der Waals surface area contributed by atoms with Crippen molar-refractivity contribution in [1.82, 2.24) is 0 Å². The highest BCUT2D eigenvalue weighted by Crippen LogP contribution is 2.49. The number of carbonyl (C=O) groups is 1. The molecule has 2 aromatic rings. The minimum atomic E-state index is -0.794. The largest absolute Gasteiger partial charge is 0.465 e. The van der Waals surface area contributed by atoms with Gasteiger partial charge in [-0.3, -0.25) is 0 Å². The van der Waals surface area contributed by atoms with E-state index in [-0.39, 0.29) is 17.3 Å². The number of halogens is 2. The zero-order valence-electron chi connectivity index (χ0n) is 19.7. The number of allylic oxidation sites excluding steroid dienone is 1. The lowest BCUT2D eigenvalue weighted by atomic mass is 9.62. The Morgan fingerprint density at radius 1 is 1.26 bits per heavy atom. The van der Waals surface area contributed by atoms with E-state index in [0.29, 0.717) is 23.6 Å². The third-order valence-electron chi connectivity index (χ3n) is 7.75. The van der Waals surface area contributed by atoms with Crippen LogP contribution in [-0.4, -0.2) is 30.5 Å². The van der Waals surface area contributed by atoms with Crippen LogP contribution in [0.1, 0.15) is 70.8 Å². The Balaban J connectivity index is 1.27. The van der Waals surface area contributed by atoms with Gasteiger partial charge in [-0.1, -0.05) is 30.2 Å². The zero-order chi connectivity index (χ0) is 24.1. The number of aliphatic hydroxyl groups excluding tert-OH is 1. The molecule has 7 heteroatoms. The SMILES string of the molecule is COC(=O)c1ccc(CCC[C@H]2CC[C@@H](F)[C@@H]2/C=C/CC(O)C2(Cc3ccc(Cl)s3)CCC2)s1. The summed E-state index contributed by atoms with van der Waals surface area (Å²) in [4.78, 5) is 14.7. The van der Waals surface area contributed by atoms with Crippen LogP contribution in [-0.2, 0) is 17.6 Å². The lowest BCUT2D eigenvalue weighted by Crippen LogP contribution is -2.42. The maximum atomic E-state index is 14.7. The van der Waals surface area contributed by atoms with Gasteiger partial charge in [0, 0.05) is 21.1 Å². The second kappa shape index (κ2) is 11.7. The van der Waals surface area contributed by atoms with Crippen LogP contribution in [0.3, 0.4) is 0 Å². The summed E-state index contributed by atoms with van der Waals surface area (Å²) in [6, 6.07) is 7.80. The number of hydrogen-bond acceptors (Lipinski definition) is 5. The van der Waals surface area contributed by atoms with Gasteiger partial charge in [-0.15, -0.1) is 22.7 Å². The number of methoxy groups -OCH3 is 1. The van der Waals surface area contributed by atoms with Crippen molar-refractivity contribution in [1.29, 1.82) is 0 Å². The van der Waals surface area contributed by atoms with Crippen molar-refractivity contribution >= 4 is 40.2 Å². The summed E-state index contributed by atoms with van der Waals surface area (Å²) in [5.41, 5.74) is -0.0630. The first-order valence-corrected chi connectivity index (χ1v) is 14.3.